The molecule has 0 aliphatic rings. The number of halogens is 4. The second-order valence-corrected chi connectivity index (χ2v) is 4.11. The van der Waals surface area contributed by atoms with Gasteiger partial charge in [0.05, 0.1) is 0 Å². The lowest BCUT2D eigenvalue weighted by Crippen LogP contribution is -2.13. The molecule has 0 spiro atoms. The molecular formula is C12H11F4N3. The van der Waals surface area contributed by atoms with Crippen molar-refractivity contribution in [2.75, 3.05) is 0 Å². The highest BCUT2D eigenvalue weighted by Crippen LogP contribution is 2.29. The number of rotatable bonds is 2. The predicted octanol–water partition coefficient (Wildman–Crippen LogP) is 3.05. The van der Waals surface area contributed by atoms with Gasteiger partial charge in [-0.1, -0.05) is 12.1 Å². The molecule has 0 unspecified atom stereocenters. The summed E-state index contributed by atoms with van der Waals surface area (Å²) in [5.41, 5.74) is 4.93. The standard InChI is InChI=1S/C12H11F4N3/c1-7(17)8-3-2-4-9(13)11(8)19-6-5-10(18-19)12(14,15)16/h2-7H,17H2,1H3/t7-/m1/s1. The van der Waals surface area contributed by atoms with Gasteiger partial charge in [-0.3, -0.25) is 0 Å². The van der Waals surface area contributed by atoms with Gasteiger partial charge in [-0.2, -0.15) is 18.3 Å². The van der Waals surface area contributed by atoms with E-state index in [-0.39, 0.29) is 5.69 Å². The average Bonchev–Trinajstić information content (AvgIpc) is 2.77. The van der Waals surface area contributed by atoms with Crippen molar-refractivity contribution in [3.05, 3.63) is 47.5 Å². The van der Waals surface area contributed by atoms with E-state index in [9.17, 15) is 17.6 Å². The maximum Gasteiger partial charge on any atom is 0.435 e. The largest absolute Gasteiger partial charge is 0.435 e. The molecule has 1 aromatic heterocycles. The molecule has 0 bridgehead atoms. The first-order valence-corrected chi connectivity index (χ1v) is 5.48. The van der Waals surface area contributed by atoms with Gasteiger partial charge in [0, 0.05) is 12.2 Å². The van der Waals surface area contributed by atoms with E-state index in [2.05, 4.69) is 5.10 Å². The van der Waals surface area contributed by atoms with Crippen LogP contribution >= 0.6 is 0 Å². The van der Waals surface area contributed by atoms with Gasteiger partial charge >= 0.3 is 6.18 Å². The molecule has 102 valence electrons. The topological polar surface area (TPSA) is 43.8 Å². The zero-order valence-corrected chi connectivity index (χ0v) is 9.95. The molecule has 0 amide bonds. The van der Waals surface area contributed by atoms with Crippen molar-refractivity contribution in [3.63, 3.8) is 0 Å². The fourth-order valence-corrected chi connectivity index (χ4v) is 1.74. The smallest absolute Gasteiger partial charge is 0.324 e. The second-order valence-electron chi connectivity index (χ2n) is 4.11. The van der Waals surface area contributed by atoms with Crippen LogP contribution in [0, 0.1) is 5.82 Å². The van der Waals surface area contributed by atoms with E-state index in [0.29, 0.717) is 5.56 Å². The molecule has 2 rings (SSSR count). The van der Waals surface area contributed by atoms with E-state index in [1.807, 2.05) is 0 Å². The summed E-state index contributed by atoms with van der Waals surface area (Å²) in [7, 11) is 0. The van der Waals surface area contributed by atoms with Crippen LogP contribution in [-0.2, 0) is 6.18 Å². The molecule has 7 heteroatoms. The van der Waals surface area contributed by atoms with Crippen LogP contribution in [0.25, 0.3) is 5.69 Å². The minimum atomic E-state index is -4.56. The lowest BCUT2D eigenvalue weighted by Gasteiger charge is -2.13. The van der Waals surface area contributed by atoms with Gasteiger partial charge in [0.25, 0.3) is 0 Å². The minimum Gasteiger partial charge on any atom is -0.324 e. The third kappa shape index (κ3) is 2.60. The van der Waals surface area contributed by atoms with Gasteiger partial charge in [0.15, 0.2) is 5.69 Å². The predicted molar refractivity (Wildman–Crippen MR) is 61.1 cm³/mol. The Labute approximate surface area is 106 Å². The Morgan fingerprint density at radius 1 is 1.26 bits per heavy atom. The highest BCUT2D eigenvalue weighted by atomic mass is 19.4. The van der Waals surface area contributed by atoms with Crippen LogP contribution in [0.2, 0.25) is 0 Å². The SMILES string of the molecule is C[C@@H](N)c1cccc(F)c1-n1ccc(C(F)(F)F)n1. The maximum absolute atomic E-state index is 13.8. The van der Waals surface area contributed by atoms with Gasteiger partial charge in [0.2, 0.25) is 0 Å². The van der Waals surface area contributed by atoms with E-state index in [0.717, 1.165) is 23.0 Å². The lowest BCUT2D eigenvalue weighted by atomic mass is 10.1. The maximum atomic E-state index is 13.8. The normalized spacial score (nSPS) is 13.6. The molecule has 0 aliphatic heterocycles. The summed E-state index contributed by atoms with van der Waals surface area (Å²) in [5.74, 6) is -0.674. The summed E-state index contributed by atoms with van der Waals surface area (Å²) in [5, 5.41) is 3.35. The zero-order valence-electron chi connectivity index (χ0n) is 9.95. The number of aromatic nitrogens is 2. The summed E-state index contributed by atoms with van der Waals surface area (Å²) in [4.78, 5) is 0. The Morgan fingerprint density at radius 2 is 1.95 bits per heavy atom. The fraction of sp³-hybridized carbons (Fsp3) is 0.250. The number of hydrogen-bond donors (Lipinski definition) is 1. The first kappa shape index (κ1) is 13.5. The summed E-state index contributed by atoms with van der Waals surface area (Å²) in [6.45, 7) is 1.62. The molecule has 1 heterocycles. The zero-order chi connectivity index (χ0) is 14.2. The van der Waals surface area contributed by atoms with Gasteiger partial charge in [-0.25, -0.2) is 9.07 Å². The van der Waals surface area contributed by atoms with E-state index in [1.54, 1.807) is 13.0 Å². The molecule has 0 fully saturated rings. The van der Waals surface area contributed by atoms with Crippen molar-refractivity contribution in [2.45, 2.75) is 19.1 Å². The van der Waals surface area contributed by atoms with Crippen molar-refractivity contribution < 1.29 is 17.6 Å². The second kappa shape index (κ2) is 4.65. The first-order valence-electron chi connectivity index (χ1n) is 5.48. The number of alkyl halides is 3. The molecule has 2 aromatic rings. The summed E-state index contributed by atoms with van der Waals surface area (Å²) >= 11 is 0. The number of nitrogens with two attached hydrogens (primary N) is 1. The molecule has 0 saturated heterocycles. The third-order valence-corrected chi connectivity index (χ3v) is 2.62. The lowest BCUT2D eigenvalue weighted by molar-refractivity contribution is -0.141. The van der Waals surface area contributed by atoms with E-state index in [4.69, 9.17) is 5.73 Å². The Kier molecular flexibility index (Phi) is 3.32. The number of nitrogens with zero attached hydrogens (tertiary/aromatic N) is 2. The molecule has 0 saturated carbocycles. The Balaban J connectivity index is 2.56. The van der Waals surface area contributed by atoms with Crippen molar-refractivity contribution in [1.29, 1.82) is 0 Å². The van der Waals surface area contributed by atoms with Crippen LogP contribution in [0.15, 0.2) is 30.5 Å². The van der Waals surface area contributed by atoms with E-state index >= 15 is 0 Å². The Bertz CT molecular complexity index is 587. The van der Waals surface area contributed by atoms with Crippen LogP contribution in [0.5, 0.6) is 0 Å². The molecule has 3 nitrogen and oxygen atoms in total. The van der Waals surface area contributed by atoms with E-state index < -0.39 is 23.7 Å². The third-order valence-electron chi connectivity index (χ3n) is 2.62. The van der Waals surface area contributed by atoms with Crippen LogP contribution in [0.4, 0.5) is 17.6 Å². The summed E-state index contributed by atoms with van der Waals surface area (Å²) in [6.07, 6.45) is -3.50. The van der Waals surface area contributed by atoms with E-state index in [1.165, 1.54) is 6.07 Å². The molecule has 19 heavy (non-hydrogen) atoms. The Hall–Kier alpha value is -1.89. The molecule has 0 radical (unpaired) electrons. The fourth-order valence-electron chi connectivity index (χ4n) is 1.74. The van der Waals surface area contributed by atoms with Crippen molar-refractivity contribution >= 4 is 0 Å². The highest BCUT2D eigenvalue weighted by Gasteiger charge is 2.34. The first-order chi connectivity index (χ1) is 8.80. The monoisotopic (exact) mass is 273 g/mol. The van der Waals surface area contributed by atoms with Crippen LogP contribution in [0.3, 0.4) is 0 Å². The summed E-state index contributed by atoms with van der Waals surface area (Å²) < 4.78 is 52.1. The number of benzene rings is 1. The van der Waals surface area contributed by atoms with Crippen LogP contribution in [-0.4, -0.2) is 9.78 Å². The molecule has 1 aromatic carbocycles. The van der Waals surface area contributed by atoms with Gasteiger partial charge in [-0.15, -0.1) is 0 Å². The molecule has 1 atom stereocenters. The van der Waals surface area contributed by atoms with Crippen LogP contribution < -0.4 is 5.73 Å². The minimum absolute atomic E-state index is 0.0620. The molecule has 0 aliphatic carbocycles. The van der Waals surface area contributed by atoms with Crippen molar-refractivity contribution in [1.82, 2.24) is 9.78 Å². The quantitative estimate of drug-likeness (QED) is 0.855. The molecular weight excluding hydrogens is 262 g/mol. The van der Waals surface area contributed by atoms with Gasteiger partial charge in [0.1, 0.15) is 11.5 Å². The highest BCUT2D eigenvalue weighted by molar-refractivity contribution is 5.43. The van der Waals surface area contributed by atoms with Crippen molar-refractivity contribution in [3.8, 4) is 5.69 Å². The molecule has 2 N–H and O–H groups in total. The average molecular weight is 273 g/mol. The number of hydrogen-bond acceptors (Lipinski definition) is 2. The Morgan fingerprint density at radius 3 is 2.47 bits per heavy atom. The number of para-hydroxylation sites is 1. The van der Waals surface area contributed by atoms with Crippen LogP contribution in [0.1, 0.15) is 24.2 Å². The van der Waals surface area contributed by atoms with Gasteiger partial charge in [-0.05, 0) is 24.6 Å². The van der Waals surface area contributed by atoms with Gasteiger partial charge < -0.3 is 5.73 Å². The summed E-state index contributed by atoms with van der Waals surface area (Å²) in [6, 6.07) is 4.42. The van der Waals surface area contributed by atoms with Crippen molar-refractivity contribution in [2.24, 2.45) is 5.73 Å².